The van der Waals surface area contributed by atoms with E-state index in [1.807, 2.05) is 11.3 Å². The van der Waals surface area contributed by atoms with E-state index in [2.05, 4.69) is 40.7 Å². The van der Waals surface area contributed by atoms with Crippen LogP contribution in [0.3, 0.4) is 0 Å². The molecule has 1 aliphatic heterocycles. The quantitative estimate of drug-likeness (QED) is 0.921. The molecular formula is C13H21BrN2OS. The summed E-state index contributed by atoms with van der Waals surface area (Å²) in [5.41, 5.74) is 5.99. The van der Waals surface area contributed by atoms with Crippen molar-refractivity contribution in [1.29, 1.82) is 0 Å². The van der Waals surface area contributed by atoms with Crippen molar-refractivity contribution in [1.82, 2.24) is 4.90 Å². The summed E-state index contributed by atoms with van der Waals surface area (Å²) in [5.74, 6) is 0. The second-order valence-corrected chi connectivity index (χ2v) is 6.84. The van der Waals surface area contributed by atoms with Gasteiger partial charge in [0.15, 0.2) is 0 Å². The van der Waals surface area contributed by atoms with Crippen LogP contribution in [-0.4, -0.2) is 37.2 Å². The molecule has 2 atom stereocenters. The van der Waals surface area contributed by atoms with E-state index in [0.717, 1.165) is 26.1 Å². The molecule has 0 saturated carbocycles. The molecule has 1 saturated heterocycles. The largest absolute Gasteiger partial charge is 0.376 e. The van der Waals surface area contributed by atoms with Gasteiger partial charge in [-0.05, 0) is 35.3 Å². The Hall–Kier alpha value is 0.0600. The molecule has 1 aromatic heterocycles. The first-order valence-electron chi connectivity index (χ1n) is 6.47. The molecule has 2 N–H and O–H groups in total. The molecule has 5 heteroatoms. The number of hydrogen-bond donors (Lipinski definition) is 1. The molecule has 3 nitrogen and oxygen atoms in total. The van der Waals surface area contributed by atoms with E-state index in [4.69, 9.17) is 10.5 Å². The monoisotopic (exact) mass is 332 g/mol. The smallest absolute Gasteiger partial charge is 0.0700 e. The highest BCUT2D eigenvalue weighted by Crippen LogP contribution is 2.33. The van der Waals surface area contributed by atoms with Crippen molar-refractivity contribution in [2.75, 3.05) is 26.2 Å². The Morgan fingerprint density at radius 1 is 1.67 bits per heavy atom. The van der Waals surface area contributed by atoms with Crippen LogP contribution in [0.1, 0.15) is 29.1 Å². The lowest BCUT2D eigenvalue weighted by Crippen LogP contribution is -2.45. The number of thiophene rings is 1. The van der Waals surface area contributed by atoms with Crippen molar-refractivity contribution < 1.29 is 4.74 Å². The predicted molar refractivity (Wildman–Crippen MR) is 80.2 cm³/mol. The summed E-state index contributed by atoms with van der Waals surface area (Å²) in [4.78, 5) is 5.15. The Morgan fingerprint density at radius 3 is 3.00 bits per heavy atom. The molecule has 1 aromatic rings. The Bertz CT molecular complexity index is 377. The zero-order valence-electron chi connectivity index (χ0n) is 11.0. The summed E-state index contributed by atoms with van der Waals surface area (Å²) in [6.07, 6.45) is 1.43. The average molecular weight is 333 g/mol. The molecule has 0 spiro atoms. The lowest BCUT2D eigenvalue weighted by molar-refractivity contribution is -0.0432. The van der Waals surface area contributed by atoms with E-state index >= 15 is 0 Å². The number of nitrogens with two attached hydrogens (primary N) is 1. The van der Waals surface area contributed by atoms with Gasteiger partial charge < -0.3 is 10.5 Å². The van der Waals surface area contributed by atoms with Crippen molar-refractivity contribution >= 4 is 27.3 Å². The average Bonchev–Trinajstić information content (AvgIpc) is 2.70. The second-order valence-electron chi connectivity index (χ2n) is 4.70. The van der Waals surface area contributed by atoms with Crippen LogP contribution in [0.15, 0.2) is 10.5 Å². The number of halogens is 1. The fourth-order valence-electron chi connectivity index (χ4n) is 2.36. The Labute approximate surface area is 121 Å². The predicted octanol–water partition coefficient (Wildman–Crippen LogP) is 2.93. The number of aryl methyl sites for hydroxylation is 1. The molecule has 2 unspecified atom stereocenters. The molecule has 102 valence electrons. The number of morpholine rings is 1. The molecule has 0 radical (unpaired) electrons. The van der Waals surface area contributed by atoms with Gasteiger partial charge in [-0.1, -0.05) is 6.92 Å². The third kappa shape index (κ3) is 3.14. The Balaban J connectivity index is 2.12. The van der Waals surface area contributed by atoms with Gasteiger partial charge in [-0.2, -0.15) is 0 Å². The van der Waals surface area contributed by atoms with Crippen molar-refractivity contribution in [3.05, 3.63) is 20.3 Å². The lowest BCUT2D eigenvalue weighted by Gasteiger charge is -2.37. The summed E-state index contributed by atoms with van der Waals surface area (Å²) in [6, 6.07) is 2.55. The molecule has 0 aliphatic carbocycles. The van der Waals surface area contributed by atoms with Crippen LogP contribution >= 0.6 is 27.3 Å². The van der Waals surface area contributed by atoms with Gasteiger partial charge in [0.05, 0.1) is 18.8 Å². The van der Waals surface area contributed by atoms with Crippen molar-refractivity contribution in [3.63, 3.8) is 0 Å². The zero-order valence-corrected chi connectivity index (χ0v) is 13.4. The zero-order chi connectivity index (χ0) is 13.1. The van der Waals surface area contributed by atoms with Crippen LogP contribution in [0, 0.1) is 6.92 Å². The molecule has 2 rings (SSSR count). The maximum absolute atomic E-state index is 5.99. The first-order chi connectivity index (χ1) is 8.65. The summed E-state index contributed by atoms with van der Waals surface area (Å²) in [6.45, 7) is 7.78. The molecule has 18 heavy (non-hydrogen) atoms. The topological polar surface area (TPSA) is 38.5 Å². The third-order valence-corrected chi connectivity index (χ3v) is 5.73. The van der Waals surface area contributed by atoms with Crippen molar-refractivity contribution in [2.24, 2.45) is 5.73 Å². The SMILES string of the molecule is CCC1CN(C(CN)c2cc(Br)c(C)s2)CCO1. The lowest BCUT2D eigenvalue weighted by atomic mass is 10.1. The molecule has 1 aliphatic rings. The number of ether oxygens (including phenoxy) is 1. The fourth-order valence-corrected chi connectivity index (χ4v) is 4.07. The number of hydrogen-bond acceptors (Lipinski definition) is 4. The van der Waals surface area contributed by atoms with E-state index in [0.29, 0.717) is 18.7 Å². The van der Waals surface area contributed by atoms with Crippen LogP contribution in [0.5, 0.6) is 0 Å². The first kappa shape index (κ1) is 14.5. The van der Waals surface area contributed by atoms with Crippen LogP contribution in [0.4, 0.5) is 0 Å². The summed E-state index contributed by atoms with van der Waals surface area (Å²) < 4.78 is 6.92. The summed E-state index contributed by atoms with van der Waals surface area (Å²) >= 11 is 5.43. The van der Waals surface area contributed by atoms with Gasteiger partial charge in [0, 0.05) is 33.9 Å². The van der Waals surface area contributed by atoms with E-state index < -0.39 is 0 Å². The van der Waals surface area contributed by atoms with Gasteiger partial charge in [-0.25, -0.2) is 0 Å². The minimum atomic E-state index is 0.331. The van der Waals surface area contributed by atoms with E-state index in [1.165, 1.54) is 14.2 Å². The molecule has 1 fully saturated rings. The molecule has 2 heterocycles. The standard InChI is InChI=1S/C13H21BrN2OS/c1-3-10-8-16(4-5-17-10)12(7-15)13-6-11(14)9(2)18-13/h6,10,12H,3-5,7-8,15H2,1-2H3. The highest BCUT2D eigenvalue weighted by atomic mass is 79.9. The molecule has 0 amide bonds. The minimum Gasteiger partial charge on any atom is -0.376 e. The van der Waals surface area contributed by atoms with Crippen molar-refractivity contribution in [2.45, 2.75) is 32.4 Å². The summed E-state index contributed by atoms with van der Waals surface area (Å²) in [5, 5.41) is 0. The Kier molecular flexibility index (Phi) is 5.21. The first-order valence-corrected chi connectivity index (χ1v) is 8.08. The highest BCUT2D eigenvalue weighted by Gasteiger charge is 2.27. The van der Waals surface area contributed by atoms with Crippen LogP contribution in [-0.2, 0) is 4.74 Å². The molecule has 0 bridgehead atoms. The van der Waals surface area contributed by atoms with Gasteiger partial charge >= 0.3 is 0 Å². The van der Waals surface area contributed by atoms with Gasteiger partial charge in [0.1, 0.15) is 0 Å². The second kappa shape index (κ2) is 6.48. The molecular weight excluding hydrogens is 312 g/mol. The van der Waals surface area contributed by atoms with Gasteiger partial charge in [0.2, 0.25) is 0 Å². The van der Waals surface area contributed by atoms with Gasteiger partial charge in [-0.3, -0.25) is 4.90 Å². The Morgan fingerprint density at radius 2 is 2.44 bits per heavy atom. The van der Waals surface area contributed by atoms with Crippen molar-refractivity contribution in [3.8, 4) is 0 Å². The summed E-state index contributed by atoms with van der Waals surface area (Å²) in [7, 11) is 0. The normalized spacial score (nSPS) is 23.2. The van der Waals surface area contributed by atoms with E-state index in [9.17, 15) is 0 Å². The molecule has 0 aromatic carbocycles. The maximum Gasteiger partial charge on any atom is 0.0700 e. The van der Waals surface area contributed by atoms with E-state index in [-0.39, 0.29) is 0 Å². The maximum atomic E-state index is 5.99. The third-order valence-electron chi connectivity index (χ3n) is 3.49. The van der Waals surface area contributed by atoms with Gasteiger partial charge in [0.25, 0.3) is 0 Å². The number of nitrogens with zero attached hydrogens (tertiary/aromatic N) is 1. The van der Waals surface area contributed by atoms with Crippen LogP contribution in [0.25, 0.3) is 0 Å². The van der Waals surface area contributed by atoms with Crippen LogP contribution in [0.2, 0.25) is 0 Å². The fraction of sp³-hybridized carbons (Fsp3) is 0.692. The van der Waals surface area contributed by atoms with Crippen LogP contribution < -0.4 is 5.73 Å². The number of rotatable bonds is 4. The van der Waals surface area contributed by atoms with Gasteiger partial charge in [-0.15, -0.1) is 11.3 Å². The highest BCUT2D eigenvalue weighted by molar-refractivity contribution is 9.10. The van der Waals surface area contributed by atoms with E-state index in [1.54, 1.807) is 0 Å². The minimum absolute atomic E-state index is 0.331.